The molecule has 14 nitrogen and oxygen atoms in total. The number of hydrogen-bond acceptors (Lipinski definition) is 12. The standard InChI is InChI=1S/C42H48IN3O11/c1-24(48)32(37(50)44-29(23-47)18-19-31(49)54-40(2,3)4)45-39(52)41-21-30-33-34(56-42(55-33,26-13-7-5-8-14-26)27-15-9-6-10-16-27)36(41)57-46(35(41)38(51)53-30)22-25-12-11-17-28(43)20-25/h5-17,20,24,29-30,32-36,47-48H,18-19,21-23H2,1-4H3,(H,44,50)(H,45,52)/t24-,29-,30+,32+,33-,34-,35-,36+,41-/m0/s1. The number of nitrogens with one attached hydrogen (secondary N) is 2. The highest BCUT2D eigenvalue weighted by Crippen LogP contribution is 2.59. The minimum atomic E-state index is -1.67. The van der Waals surface area contributed by atoms with E-state index in [0.717, 1.165) is 9.13 Å². The molecule has 3 aliphatic heterocycles. The predicted octanol–water partition coefficient (Wildman–Crippen LogP) is 3.24. The van der Waals surface area contributed by atoms with Crippen molar-refractivity contribution in [3.63, 3.8) is 0 Å². The Morgan fingerprint density at radius 1 is 0.965 bits per heavy atom. The first-order chi connectivity index (χ1) is 27.1. The number of aliphatic hydroxyl groups excluding tert-OH is 2. The number of esters is 2. The molecule has 0 radical (unpaired) electrons. The molecule has 0 aromatic heterocycles. The average Bonchev–Trinajstić information content (AvgIpc) is 3.75. The summed E-state index contributed by atoms with van der Waals surface area (Å²) in [5.74, 6) is -4.18. The van der Waals surface area contributed by atoms with Gasteiger partial charge in [0.25, 0.3) is 0 Å². The Kier molecular flexibility index (Phi) is 11.8. The van der Waals surface area contributed by atoms with E-state index in [1.165, 1.54) is 12.0 Å². The SMILES string of the molecule is C[C@H](O)[C@@H](NC(=O)[C@@]12C[C@H]3OC(=O)[C@@H]1N(Cc1cccc(I)c1)O[C@@H]2[C@H]1OC(c2ccccc2)(c2ccccc2)O[C@H]13)C(=O)N[C@H](CO)CCC(=O)OC(C)(C)C. The Morgan fingerprint density at radius 2 is 1.61 bits per heavy atom. The fourth-order valence-electron chi connectivity index (χ4n) is 8.37. The summed E-state index contributed by atoms with van der Waals surface area (Å²) in [5.41, 5.74) is -0.191. The number of aliphatic hydroxyl groups is 2. The number of halogens is 1. The van der Waals surface area contributed by atoms with Crippen molar-refractivity contribution in [1.82, 2.24) is 15.7 Å². The Morgan fingerprint density at radius 3 is 2.21 bits per heavy atom. The molecule has 4 fully saturated rings. The molecule has 1 aliphatic carbocycles. The van der Waals surface area contributed by atoms with Crippen LogP contribution in [0.1, 0.15) is 63.6 Å². The van der Waals surface area contributed by atoms with E-state index in [-0.39, 0.29) is 25.8 Å². The summed E-state index contributed by atoms with van der Waals surface area (Å²) >= 11 is 2.20. The minimum Gasteiger partial charge on any atom is -0.460 e. The molecule has 4 aliphatic rings. The van der Waals surface area contributed by atoms with Crippen molar-refractivity contribution in [2.75, 3.05) is 6.61 Å². The summed E-state index contributed by atoms with van der Waals surface area (Å²) in [4.78, 5) is 62.2. The monoisotopic (exact) mass is 897 g/mol. The Hall–Kier alpha value is -3.97. The number of amides is 2. The summed E-state index contributed by atoms with van der Waals surface area (Å²) in [6.07, 6.45) is -5.33. The molecule has 57 heavy (non-hydrogen) atoms. The second-order valence-electron chi connectivity index (χ2n) is 16.1. The van der Waals surface area contributed by atoms with Crippen LogP contribution in [-0.4, -0.2) is 99.9 Å². The summed E-state index contributed by atoms with van der Waals surface area (Å²) in [7, 11) is 0. The first-order valence-electron chi connectivity index (χ1n) is 19.1. The summed E-state index contributed by atoms with van der Waals surface area (Å²) < 4.78 is 26.4. The molecule has 304 valence electrons. The van der Waals surface area contributed by atoms with E-state index in [1.807, 2.05) is 84.9 Å². The molecule has 1 saturated carbocycles. The number of benzene rings is 3. The molecule has 2 amide bonds. The van der Waals surface area contributed by atoms with E-state index in [9.17, 15) is 24.6 Å². The van der Waals surface area contributed by atoms with Gasteiger partial charge in [-0.25, -0.2) is 0 Å². The number of hydrogen-bond donors (Lipinski definition) is 4. The molecular weight excluding hydrogens is 849 g/mol. The normalized spacial score (nSPS) is 27.7. The fourth-order valence-corrected chi connectivity index (χ4v) is 8.98. The molecule has 7 rings (SSSR count). The zero-order valence-corrected chi connectivity index (χ0v) is 34.3. The third-order valence-electron chi connectivity index (χ3n) is 10.8. The Labute approximate surface area is 344 Å². The summed E-state index contributed by atoms with van der Waals surface area (Å²) in [6, 6.07) is 22.7. The molecule has 3 aromatic carbocycles. The number of hydroxylamine groups is 2. The van der Waals surface area contributed by atoms with Crippen molar-refractivity contribution in [1.29, 1.82) is 0 Å². The zero-order chi connectivity index (χ0) is 40.7. The first kappa shape index (κ1) is 41.2. The van der Waals surface area contributed by atoms with Gasteiger partial charge in [0.15, 0.2) is 6.04 Å². The smallest absolute Gasteiger partial charge is 0.327 e. The van der Waals surface area contributed by atoms with Crippen LogP contribution < -0.4 is 10.6 Å². The maximum Gasteiger partial charge on any atom is 0.327 e. The van der Waals surface area contributed by atoms with E-state index in [0.29, 0.717) is 11.1 Å². The summed E-state index contributed by atoms with van der Waals surface area (Å²) in [6.45, 7) is 6.16. The average molecular weight is 898 g/mol. The number of fused-ring (bicyclic) bond motifs is 4. The van der Waals surface area contributed by atoms with Gasteiger partial charge in [0.05, 0.1) is 25.3 Å². The lowest BCUT2D eigenvalue weighted by molar-refractivity contribution is -0.213. The van der Waals surface area contributed by atoms with Crippen LogP contribution in [0, 0.1) is 8.99 Å². The quantitative estimate of drug-likeness (QED) is 0.146. The van der Waals surface area contributed by atoms with Crippen LogP contribution in [0.25, 0.3) is 0 Å². The van der Waals surface area contributed by atoms with Crippen LogP contribution in [0.15, 0.2) is 84.9 Å². The highest BCUT2D eigenvalue weighted by Gasteiger charge is 2.76. The van der Waals surface area contributed by atoms with Gasteiger partial charge in [-0.3, -0.25) is 24.0 Å². The molecule has 3 aromatic rings. The first-order valence-corrected chi connectivity index (χ1v) is 20.2. The molecule has 4 N–H and O–H groups in total. The molecule has 0 spiro atoms. The van der Waals surface area contributed by atoms with Crippen molar-refractivity contribution in [2.24, 2.45) is 5.41 Å². The number of nitrogens with zero attached hydrogens (tertiary/aromatic N) is 1. The topological polar surface area (TPSA) is 182 Å². The lowest BCUT2D eigenvalue weighted by Gasteiger charge is -2.49. The van der Waals surface area contributed by atoms with Gasteiger partial charge in [-0.05, 0) is 74.4 Å². The van der Waals surface area contributed by atoms with E-state index in [1.54, 1.807) is 20.8 Å². The maximum atomic E-state index is 15.1. The van der Waals surface area contributed by atoms with E-state index in [2.05, 4.69) is 33.2 Å². The van der Waals surface area contributed by atoms with Gasteiger partial charge in [0.2, 0.25) is 17.6 Å². The van der Waals surface area contributed by atoms with Crippen LogP contribution in [-0.2, 0) is 55.3 Å². The third-order valence-corrected chi connectivity index (χ3v) is 11.5. The maximum absolute atomic E-state index is 15.1. The Bertz CT molecular complexity index is 1920. The highest BCUT2D eigenvalue weighted by molar-refractivity contribution is 14.1. The fraction of sp³-hybridized carbons (Fsp3) is 0.476. The predicted molar refractivity (Wildman–Crippen MR) is 211 cm³/mol. The Balaban J connectivity index is 1.22. The van der Waals surface area contributed by atoms with Crippen LogP contribution in [0.4, 0.5) is 0 Å². The van der Waals surface area contributed by atoms with E-state index in [4.69, 9.17) is 23.8 Å². The van der Waals surface area contributed by atoms with Gasteiger partial charge in [-0.1, -0.05) is 72.8 Å². The summed E-state index contributed by atoms with van der Waals surface area (Å²) in [5, 5.41) is 27.9. The van der Waals surface area contributed by atoms with Gasteiger partial charge in [-0.2, -0.15) is 5.06 Å². The third kappa shape index (κ3) is 8.07. The number of carbonyl (C=O) groups is 4. The van der Waals surface area contributed by atoms with Crippen LogP contribution in [0.2, 0.25) is 0 Å². The van der Waals surface area contributed by atoms with Crippen molar-refractivity contribution in [3.05, 3.63) is 105 Å². The molecule has 0 unspecified atom stereocenters. The van der Waals surface area contributed by atoms with Crippen LogP contribution in [0.3, 0.4) is 0 Å². The molecule has 2 bridgehead atoms. The van der Waals surface area contributed by atoms with E-state index >= 15 is 4.79 Å². The van der Waals surface area contributed by atoms with Gasteiger partial charge < -0.3 is 39.8 Å². The van der Waals surface area contributed by atoms with Crippen molar-refractivity contribution < 1.29 is 53.2 Å². The van der Waals surface area contributed by atoms with Crippen molar-refractivity contribution in [2.45, 2.75) is 114 Å². The lowest BCUT2D eigenvalue weighted by atomic mass is 9.62. The molecule has 3 heterocycles. The molecule has 3 saturated heterocycles. The molecule has 15 heteroatoms. The van der Waals surface area contributed by atoms with Gasteiger partial charge in [0, 0.05) is 27.5 Å². The second-order valence-corrected chi connectivity index (χ2v) is 17.3. The van der Waals surface area contributed by atoms with Gasteiger partial charge >= 0.3 is 11.9 Å². The van der Waals surface area contributed by atoms with Crippen LogP contribution >= 0.6 is 22.6 Å². The van der Waals surface area contributed by atoms with Gasteiger partial charge in [0.1, 0.15) is 41.5 Å². The number of carbonyl (C=O) groups excluding carboxylic acids is 4. The lowest BCUT2D eigenvalue weighted by Crippen LogP contribution is -2.71. The number of rotatable bonds is 13. The minimum absolute atomic E-state index is 0.0315. The largest absolute Gasteiger partial charge is 0.460 e. The van der Waals surface area contributed by atoms with Crippen molar-refractivity contribution in [3.8, 4) is 0 Å². The van der Waals surface area contributed by atoms with E-state index < -0.39 is 95.8 Å². The van der Waals surface area contributed by atoms with Gasteiger partial charge in [-0.15, -0.1) is 0 Å². The second kappa shape index (κ2) is 16.4. The van der Waals surface area contributed by atoms with Crippen LogP contribution in [0.5, 0.6) is 0 Å². The highest BCUT2D eigenvalue weighted by atomic mass is 127. The molecular formula is C42H48IN3O11. The molecule has 9 atom stereocenters. The zero-order valence-electron chi connectivity index (χ0n) is 32.1. The van der Waals surface area contributed by atoms with Crippen molar-refractivity contribution >= 4 is 46.3 Å². The number of ether oxygens (including phenoxy) is 4.